The van der Waals surface area contributed by atoms with Crippen molar-refractivity contribution in [2.75, 3.05) is 4.90 Å². The summed E-state index contributed by atoms with van der Waals surface area (Å²) in [4.78, 5) is 23.9. The largest absolute Gasteiger partial charge is 0.276 e. The van der Waals surface area contributed by atoms with E-state index >= 15 is 0 Å². The van der Waals surface area contributed by atoms with Crippen LogP contribution in [0.2, 0.25) is 0 Å². The third-order valence-corrected chi connectivity index (χ3v) is 3.39. The Morgan fingerprint density at radius 2 is 1.74 bits per heavy atom. The highest BCUT2D eigenvalue weighted by atomic mass is 32.2. The third kappa shape index (κ3) is 2.24. The summed E-state index contributed by atoms with van der Waals surface area (Å²) in [6.45, 7) is 0. The fourth-order valence-corrected chi connectivity index (χ4v) is 2.10. The second-order valence-corrected chi connectivity index (χ2v) is 5.25. The molecule has 0 saturated heterocycles. The summed E-state index contributed by atoms with van der Waals surface area (Å²) >= 11 is 0. The van der Waals surface area contributed by atoms with Gasteiger partial charge in [-0.05, 0) is 24.3 Å². The molecule has 2 N–H and O–H groups in total. The zero-order valence-corrected chi connectivity index (χ0v) is 10.2. The van der Waals surface area contributed by atoms with Crippen LogP contribution in [0.4, 0.5) is 5.69 Å². The molecule has 96 valence electrons. The SMILES string of the molecule is N#CC1=CC(=O)N(c2ccc(S(N)(=O)=O)cc2)C1=O. The lowest BCUT2D eigenvalue weighted by Gasteiger charge is -2.14. The number of primary sulfonamides is 1. The molecule has 0 unspecified atom stereocenters. The molecule has 0 aromatic heterocycles. The van der Waals surface area contributed by atoms with Crippen molar-refractivity contribution >= 4 is 27.5 Å². The van der Waals surface area contributed by atoms with Crippen LogP contribution >= 0.6 is 0 Å². The maximum atomic E-state index is 11.7. The lowest BCUT2D eigenvalue weighted by molar-refractivity contribution is -0.120. The van der Waals surface area contributed by atoms with Gasteiger partial charge in [-0.2, -0.15) is 5.26 Å². The van der Waals surface area contributed by atoms with E-state index in [0.29, 0.717) is 0 Å². The van der Waals surface area contributed by atoms with E-state index in [2.05, 4.69) is 0 Å². The monoisotopic (exact) mass is 277 g/mol. The summed E-state index contributed by atoms with van der Waals surface area (Å²) in [6, 6.07) is 6.50. The number of nitriles is 1. The summed E-state index contributed by atoms with van der Waals surface area (Å²) in [7, 11) is -3.84. The molecule has 7 nitrogen and oxygen atoms in total. The van der Waals surface area contributed by atoms with Crippen LogP contribution in [-0.2, 0) is 19.6 Å². The molecule has 1 aromatic carbocycles. The minimum atomic E-state index is -3.84. The molecule has 8 heteroatoms. The van der Waals surface area contributed by atoms with Gasteiger partial charge in [0.1, 0.15) is 11.6 Å². The number of carbonyl (C=O) groups is 2. The molecule has 0 radical (unpaired) electrons. The van der Waals surface area contributed by atoms with Crippen molar-refractivity contribution in [3.63, 3.8) is 0 Å². The molecule has 1 aliphatic rings. The predicted octanol–water partition coefficient (Wildman–Crippen LogP) is -0.343. The average molecular weight is 277 g/mol. The lowest BCUT2D eigenvalue weighted by atomic mass is 10.2. The van der Waals surface area contributed by atoms with Crippen molar-refractivity contribution in [3.05, 3.63) is 35.9 Å². The molecule has 0 atom stereocenters. The zero-order chi connectivity index (χ0) is 14.2. The van der Waals surface area contributed by atoms with E-state index in [9.17, 15) is 18.0 Å². The first-order chi connectivity index (χ1) is 8.84. The van der Waals surface area contributed by atoms with Crippen LogP contribution in [0.5, 0.6) is 0 Å². The fourth-order valence-electron chi connectivity index (χ4n) is 1.58. The van der Waals surface area contributed by atoms with Gasteiger partial charge >= 0.3 is 0 Å². The minimum absolute atomic E-state index is 0.135. The third-order valence-electron chi connectivity index (χ3n) is 2.47. The lowest BCUT2D eigenvalue weighted by Crippen LogP contribution is -2.30. The minimum Gasteiger partial charge on any atom is -0.269 e. The highest BCUT2D eigenvalue weighted by Crippen LogP contribution is 2.23. The molecule has 19 heavy (non-hydrogen) atoms. The number of rotatable bonds is 2. The Bertz CT molecular complexity index is 741. The normalized spacial score (nSPS) is 15.4. The van der Waals surface area contributed by atoms with Crippen LogP contribution in [0.25, 0.3) is 0 Å². The Morgan fingerprint density at radius 1 is 1.16 bits per heavy atom. The number of amides is 2. The Morgan fingerprint density at radius 3 is 2.16 bits per heavy atom. The molecule has 0 fully saturated rings. The van der Waals surface area contributed by atoms with Gasteiger partial charge in [0, 0.05) is 6.08 Å². The Balaban J connectivity index is 2.39. The molecule has 1 heterocycles. The van der Waals surface area contributed by atoms with E-state index in [-0.39, 0.29) is 16.2 Å². The first kappa shape index (κ1) is 12.9. The van der Waals surface area contributed by atoms with Gasteiger partial charge in [0.15, 0.2) is 0 Å². The van der Waals surface area contributed by atoms with Crippen LogP contribution in [0.3, 0.4) is 0 Å². The van der Waals surface area contributed by atoms with Gasteiger partial charge < -0.3 is 0 Å². The molecule has 1 aromatic rings. The Labute approximate surface area is 108 Å². The standard InChI is InChI=1S/C11H7N3O4S/c12-6-7-5-10(15)14(11(7)16)8-1-3-9(4-2-8)19(13,17)18/h1-5H,(H2,13,17,18). The molecule has 0 aliphatic carbocycles. The number of imide groups is 1. The average Bonchev–Trinajstić information content (AvgIpc) is 2.63. The number of hydrogen-bond donors (Lipinski definition) is 1. The van der Waals surface area contributed by atoms with Gasteiger partial charge in [0.05, 0.1) is 10.6 Å². The molecule has 2 rings (SSSR count). The summed E-state index contributed by atoms with van der Waals surface area (Å²) in [5, 5.41) is 13.6. The van der Waals surface area contributed by atoms with Crippen molar-refractivity contribution in [1.82, 2.24) is 0 Å². The van der Waals surface area contributed by atoms with Crippen LogP contribution in [-0.4, -0.2) is 20.2 Å². The van der Waals surface area contributed by atoms with E-state index < -0.39 is 21.8 Å². The van der Waals surface area contributed by atoms with E-state index in [4.69, 9.17) is 10.4 Å². The second kappa shape index (κ2) is 4.31. The maximum Gasteiger partial charge on any atom is 0.276 e. The Kier molecular flexibility index (Phi) is 2.94. The van der Waals surface area contributed by atoms with Crippen LogP contribution < -0.4 is 10.0 Å². The second-order valence-electron chi connectivity index (χ2n) is 3.69. The van der Waals surface area contributed by atoms with Crippen LogP contribution in [0.1, 0.15) is 0 Å². The van der Waals surface area contributed by atoms with Crippen molar-refractivity contribution in [3.8, 4) is 6.07 Å². The molecule has 1 aliphatic heterocycles. The quantitative estimate of drug-likeness (QED) is 0.741. The predicted molar refractivity (Wildman–Crippen MR) is 64.0 cm³/mol. The van der Waals surface area contributed by atoms with Gasteiger partial charge in [0.25, 0.3) is 11.8 Å². The fraction of sp³-hybridized carbons (Fsp3) is 0. The van der Waals surface area contributed by atoms with Crippen LogP contribution in [0, 0.1) is 11.3 Å². The molecule has 0 bridgehead atoms. The topological polar surface area (TPSA) is 121 Å². The number of sulfonamides is 1. The number of benzene rings is 1. The number of anilines is 1. The first-order valence-electron chi connectivity index (χ1n) is 4.97. The van der Waals surface area contributed by atoms with Crippen LogP contribution in [0.15, 0.2) is 40.8 Å². The smallest absolute Gasteiger partial charge is 0.269 e. The highest BCUT2D eigenvalue weighted by Gasteiger charge is 2.32. The summed E-state index contributed by atoms with van der Waals surface area (Å²) in [5.74, 6) is -1.39. The summed E-state index contributed by atoms with van der Waals surface area (Å²) in [6.07, 6.45) is 0.927. The van der Waals surface area contributed by atoms with E-state index in [1.54, 1.807) is 6.07 Å². The Hall–Kier alpha value is -2.50. The molecular weight excluding hydrogens is 270 g/mol. The first-order valence-corrected chi connectivity index (χ1v) is 6.52. The van der Waals surface area contributed by atoms with E-state index in [1.165, 1.54) is 24.3 Å². The molecule has 0 saturated carbocycles. The molecule has 0 spiro atoms. The zero-order valence-electron chi connectivity index (χ0n) is 9.40. The number of carbonyl (C=O) groups excluding carboxylic acids is 2. The summed E-state index contributed by atoms with van der Waals surface area (Å²) in [5.41, 5.74) is -0.0931. The molecule has 2 amide bonds. The van der Waals surface area contributed by atoms with Gasteiger partial charge in [-0.25, -0.2) is 18.5 Å². The number of hydrogen-bond acceptors (Lipinski definition) is 5. The molecular formula is C11H7N3O4S. The van der Waals surface area contributed by atoms with Crippen molar-refractivity contribution in [2.45, 2.75) is 4.90 Å². The van der Waals surface area contributed by atoms with Gasteiger partial charge in [-0.1, -0.05) is 0 Å². The van der Waals surface area contributed by atoms with Crippen molar-refractivity contribution < 1.29 is 18.0 Å². The van der Waals surface area contributed by atoms with Gasteiger partial charge in [-0.3, -0.25) is 9.59 Å². The summed E-state index contributed by atoms with van der Waals surface area (Å²) < 4.78 is 22.1. The number of nitrogens with zero attached hydrogens (tertiary/aromatic N) is 2. The van der Waals surface area contributed by atoms with E-state index in [0.717, 1.165) is 11.0 Å². The van der Waals surface area contributed by atoms with Gasteiger partial charge in [-0.15, -0.1) is 0 Å². The van der Waals surface area contributed by atoms with E-state index in [1.807, 2.05) is 0 Å². The van der Waals surface area contributed by atoms with Gasteiger partial charge in [0.2, 0.25) is 10.0 Å². The highest BCUT2D eigenvalue weighted by molar-refractivity contribution is 7.89. The maximum absolute atomic E-state index is 11.7. The van der Waals surface area contributed by atoms with Crippen molar-refractivity contribution in [2.24, 2.45) is 5.14 Å². The van der Waals surface area contributed by atoms with Crippen molar-refractivity contribution in [1.29, 1.82) is 5.26 Å². The number of nitrogens with two attached hydrogens (primary N) is 1.